The number of aromatic nitrogens is 2. The second kappa shape index (κ2) is 11.6. The number of hydrogen-bond acceptors (Lipinski definition) is 7. The number of aliphatic hydroxyl groups excluding tert-OH is 1. The number of carboxylic acid groups (broad SMARTS) is 1. The summed E-state index contributed by atoms with van der Waals surface area (Å²) in [5.74, 6) is -2.91. The third kappa shape index (κ3) is 6.76. The van der Waals surface area contributed by atoms with Crippen LogP contribution in [0.5, 0.6) is 0 Å². The fraction of sp³-hybridized carbons (Fsp3) is 0.650. The number of H-pyrrole nitrogens is 1. The van der Waals surface area contributed by atoms with E-state index in [2.05, 4.69) is 20.6 Å². The molecule has 7 N–H and O–H groups in total. The van der Waals surface area contributed by atoms with E-state index < -0.39 is 54.5 Å². The van der Waals surface area contributed by atoms with E-state index in [0.29, 0.717) is 18.5 Å². The predicted molar refractivity (Wildman–Crippen MR) is 113 cm³/mol. The Hall–Kier alpha value is -2.99. The van der Waals surface area contributed by atoms with Crippen LogP contribution in [0.1, 0.15) is 38.8 Å². The van der Waals surface area contributed by atoms with Crippen LogP contribution >= 0.6 is 0 Å². The summed E-state index contributed by atoms with van der Waals surface area (Å²) >= 11 is 0. The lowest BCUT2D eigenvalue weighted by molar-refractivity contribution is -0.145. The average molecular weight is 453 g/mol. The molecular weight excluding hydrogens is 420 g/mol. The number of nitrogens with zero attached hydrogens (tertiary/aromatic N) is 2. The molecule has 1 aliphatic heterocycles. The minimum atomic E-state index is -1.27. The number of carbonyl (C=O) groups excluding carboxylic acids is 3. The van der Waals surface area contributed by atoms with Crippen molar-refractivity contribution in [2.75, 3.05) is 13.2 Å². The summed E-state index contributed by atoms with van der Waals surface area (Å²) in [5, 5.41) is 24.0. The zero-order valence-corrected chi connectivity index (χ0v) is 18.3. The Bertz CT molecular complexity index is 799. The first kappa shape index (κ1) is 25.3. The lowest BCUT2D eigenvalue weighted by Gasteiger charge is -2.29. The van der Waals surface area contributed by atoms with Crippen LogP contribution in [-0.2, 0) is 25.6 Å². The Morgan fingerprint density at radius 2 is 2.00 bits per heavy atom. The molecule has 1 aromatic rings. The van der Waals surface area contributed by atoms with E-state index in [4.69, 9.17) is 5.73 Å². The first-order chi connectivity index (χ1) is 15.1. The largest absolute Gasteiger partial charge is 0.480 e. The number of imidazole rings is 1. The van der Waals surface area contributed by atoms with E-state index in [0.717, 1.165) is 0 Å². The van der Waals surface area contributed by atoms with Gasteiger partial charge in [0.2, 0.25) is 17.7 Å². The maximum absolute atomic E-state index is 13.0. The molecule has 1 aliphatic rings. The fourth-order valence-corrected chi connectivity index (χ4v) is 3.65. The molecule has 178 valence electrons. The van der Waals surface area contributed by atoms with Gasteiger partial charge in [-0.15, -0.1) is 0 Å². The minimum absolute atomic E-state index is 0.0534. The summed E-state index contributed by atoms with van der Waals surface area (Å²) in [6.45, 7) is 3.28. The van der Waals surface area contributed by atoms with Gasteiger partial charge in [-0.3, -0.25) is 14.4 Å². The van der Waals surface area contributed by atoms with Gasteiger partial charge in [-0.2, -0.15) is 0 Å². The molecule has 12 heteroatoms. The van der Waals surface area contributed by atoms with Gasteiger partial charge >= 0.3 is 5.97 Å². The van der Waals surface area contributed by atoms with Crippen molar-refractivity contribution >= 4 is 23.7 Å². The van der Waals surface area contributed by atoms with E-state index >= 15 is 0 Å². The maximum atomic E-state index is 13.0. The molecule has 4 atom stereocenters. The van der Waals surface area contributed by atoms with Gasteiger partial charge in [-0.05, 0) is 25.2 Å². The molecule has 1 fully saturated rings. The molecule has 0 aliphatic carbocycles. The number of rotatable bonds is 11. The number of aliphatic carboxylic acids is 1. The van der Waals surface area contributed by atoms with Crippen LogP contribution in [0.4, 0.5) is 0 Å². The van der Waals surface area contributed by atoms with Gasteiger partial charge in [-0.25, -0.2) is 9.78 Å². The second-order valence-corrected chi connectivity index (χ2v) is 8.35. The smallest absolute Gasteiger partial charge is 0.326 e. The van der Waals surface area contributed by atoms with E-state index in [1.165, 1.54) is 17.4 Å². The zero-order valence-electron chi connectivity index (χ0n) is 18.3. The Balaban J connectivity index is 2.00. The summed E-state index contributed by atoms with van der Waals surface area (Å²) < 4.78 is 0. The predicted octanol–water partition coefficient (Wildman–Crippen LogP) is -1.64. The standard InChI is InChI=1S/C20H32N6O6/c1-11(2)6-14(20(31)32)24-18(29)16-4-3-5-26(16)19(30)15(9-27)25-17(28)13(21)7-12-8-22-10-23-12/h8,10-11,13-16,27H,3-7,9,21H2,1-2H3,(H,22,23)(H,24,29)(H,25,28)(H,31,32). The van der Waals surface area contributed by atoms with Gasteiger partial charge in [0.25, 0.3) is 0 Å². The number of nitrogens with one attached hydrogen (secondary N) is 3. The van der Waals surface area contributed by atoms with Crippen LogP contribution < -0.4 is 16.4 Å². The molecule has 1 aromatic heterocycles. The summed E-state index contributed by atoms with van der Waals surface area (Å²) in [4.78, 5) is 57.5. The number of likely N-dealkylation sites (tertiary alicyclic amines) is 1. The number of nitrogens with two attached hydrogens (primary N) is 1. The van der Waals surface area contributed by atoms with Crippen molar-refractivity contribution in [3.05, 3.63) is 18.2 Å². The van der Waals surface area contributed by atoms with Crippen molar-refractivity contribution in [2.24, 2.45) is 11.7 Å². The van der Waals surface area contributed by atoms with Crippen LogP contribution in [0, 0.1) is 5.92 Å². The van der Waals surface area contributed by atoms with E-state index in [9.17, 15) is 29.4 Å². The first-order valence-corrected chi connectivity index (χ1v) is 10.6. The molecule has 0 saturated carbocycles. The van der Waals surface area contributed by atoms with Gasteiger partial charge in [-0.1, -0.05) is 13.8 Å². The van der Waals surface area contributed by atoms with E-state index in [-0.39, 0.29) is 25.3 Å². The van der Waals surface area contributed by atoms with Gasteiger partial charge in [0.15, 0.2) is 0 Å². The highest BCUT2D eigenvalue weighted by Gasteiger charge is 2.39. The highest BCUT2D eigenvalue weighted by molar-refractivity contribution is 5.94. The van der Waals surface area contributed by atoms with E-state index in [1.54, 1.807) is 0 Å². The molecule has 12 nitrogen and oxygen atoms in total. The molecule has 0 spiro atoms. The molecular formula is C20H32N6O6. The number of amides is 3. The Kier molecular flexibility index (Phi) is 9.14. The van der Waals surface area contributed by atoms with Crippen LogP contribution in [0.25, 0.3) is 0 Å². The van der Waals surface area contributed by atoms with Crippen molar-refractivity contribution in [2.45, 2.75) is 63.7 Å². The highest BCUT2D eigenvalue weighted by Crippen LogP contribution is 2.19. The number of carboxylic acids is 1. The molecule has 3 amide bonds. The summed E-state index contributed by atoms with van der Waals surface area (Å²) in [6.07, 6.45) is 4.30. The number of carbonyl (C=O) groups is 4. The topological polar surface area (TPSA) is 191 Å². The van der Waals surface area contributed by atoms with Gasteiger partial charge in [0.05, 0.1) is 19.0 Å². The monoisotopic (exact) mass is 452 g/mol. The summed E-state index contributed by atoms with van der Waals surface area (Å²) in [7, 11) is 0. The molecule has 0 bridgehead atoms. The summed E-state index contributed by atoms with van der Waals surface area (Å²) in [6, 6.07) is -4.17. The van der Waals surface area contributed by atoms with Gasteiger partial charge in [0, 0.05) is 24.9 Å². The number of aromatic amines is 1. The van der Waals surface area contributed by atoms with Crippen LogP contribution in [-0.4, -0.2) is 86.1 Å². The molecule has 0 aromatic carbocycles. The van der Waals surface area contributed by atoms with Crippen molar-refractivity contribution in [1.82, 2.24) is 25.5 Å². The van der Waals surface area contributed by atoms with Crippen molar-refractivity contribution in [3.8, 4) is 0 Å². The zero-order chi connectivity index (χ0) is 23.8. The lowest BCUT2D eigenvalue weighted by Crippen LogP contribution is -2.58. The lowest BCUT2D eigenvalue weighted by atomic mass is 10.0. The van der Waals surface area contributed by atoms with Gasteiger partial charge < -0.3 is 36.5 Å². The highest BCUT2D eigenvalue weighted by atomic mass is 16.4. The Morgan fingerprint density at radius 3 is 2.56 bits per heavy atom. The van der Waals surface area contributed by atoms with Crippen molar-refractivity contribution in [1.29, 1.82) is 0 Å². The van der Waals surface area contributed by atoms with Crippen molar-refractivity contribution < 1.29 is 29.4 Å². The minimum Gasteiger partial charge on any atom is -0.480 e. The molecule has 0 radical (unpaired) electrons. The second-order valence-electron chi connectivity index (χ2n) is 8.35. The molecule has 2 heterocycles. The average Bonchev–Trinajstić information content (AvgIpc) is 3.42. The van der Waals surface area contributed by atoms with Crippen LogP contribution in [0.3, 0.4) is 0 Å². The van der Waals surface area contributed by atoms with Crippen molar-refractivity contribution in [3.63, 3.8) is 0 Å². The Morgan fingerprint density at radius 1 is 1.28 bits per heavy atom. The molecule has 4 unspecified atom stereocenters. The normalized spacial score (nSPS) is 18.8. The number of hydrogen-bond donors (Lipinski definition) is 6. The molecule has 2 rings (SSSR count). The maximum Gasteiger partial charge on any atom is 0.326 e. The Labute approximate surface area is 185 Å². The third-order valence-electron chi connectivity index (χ3n) is 5.29. The molecule has 32 heavy (non-hydrogen) atoms. The third-order valence-corrected chi connectivity index (χ3v) is 5.29. The van der Waals surface area contributed by atoms with Gasteiger partial charge in [0.1, 0.15) is 18.1 Å². The van der Waals surface area contributed by atoms with Crippen LogP contribution in [0.15, 0.2) is 12.5 Å². The summed E-state index contributed by atoms with van der Waals surface area (Å²) in [5.41, 5.74) is 6.52. The number of aliphatic hydroxyl groups is 1. The SMILES string of the molecule is CC(C)CC(NC(=O)C1CCCN1C(=O)C(CO)NC(=O)C(N)Cc1cnc[nH]1)C(=O)O. The quantitative estimate of drug-likeness (QED) is 0.230. The first-order valence-electron chi connectivity index (χ1n) is 10.6. The molecule has 1 saturated heterocycles. The van der Waals surface area contributed by atoms with E-state index in [1.807, 2.05) is 13.8 Å². The fourth-order valence-electron chi connectivity index (χ4n) is 3.65. The van der Waals surface area contributed by atoms with Crippen LogP contribution in [0.2, 0.25) is 0 Å².